The van der Waals surface area contributed by atoms with E-state index in [4.69, 9.17) is 0 Å². The third-order valence-electron chi connectivity index (χ3n) is 3.67. The maximum absolute atomic E-state index is 12.6. The summed E-state index contributed by atoms with van der Waals surface area (Å²) >= 11 is 0. The molecule has 2 nitrogen and oxygen atoms in total. The van der Waals surface area contributed by atoms with Crippen molar-refractivity contribution in [2.24, 2.45) is 0 Å². The number of phenols is 1. The number of benzene rings is 2. The highest BCUT2D eigenvalue weighted by Crippen LogP contribution is 2.39. The molecule has 5 heteroatoms. The number of hydrogen-bond acceptors (Lipinski definition) is 2. The van der Waals surface area contributed by atoms with E-state index < -0.39 is 11.7 Å². The Balaban J connectivity index is 2.14. The standard InChI is InChI=1S/C16H11F3O2/c17-16(18,19)11-5-1-9(2-6-11)14-12(20)7-3-10-4-8-13(21)15(10)14/h1-3,5-7,20H,4,8H2. The fraction of sp³-hybridized carbons (Fsp3) is 0.188. The van der Waals surface area contributed by atoms with E-state index in [1.54, 1.807) is 6.07 Å². The molecule has 0 amide bonds. The number of halogens is 3. The number of carbonyl (C=O) groups is 1. The summed E-state index contributed by atoms with van der Waals surface area (Å²) in [6, 6.07) is 7.63. The number of alkyl halides is 3. The monoisotopic (exact) mass is 292 g/mol. The van der Waals surface area contributed by atoms with Gasteiger partial charge in [0, 0.05) is 17.5 Å². The van der Waals surface area contributed by atoms with E-state index in [-0.39, 0.29) is 11.5 Å². The maximum Gasteiger partial charge on any atom is 0.416 e. The molecule has 2 aromatic rings. The minimum Gasteiger partial charge on any atom is -0.507 e. The molecule has 21 heavy (non-hydrogen) atoms. The van der Waals surface area contributed by atoms with Gasteiger partial charge in [0.2, 0.25) is 0 Å². The van der Waals surface area contributed by atoms with Crippen molar-refractivity contribution in [2.45, 2.75) is 19.0 Å². The summed E-state index contributed by atoms with van der Waals surface area (Å²) in [6.45, 7) is 0. The van der Waals surface area contributed by atoms with Gasteiger partial charge in [0.15, 0.2) is 5.78 Å². The number of fused-ring (bicyclic) bond motifs is 1. The van der Waals surface area contributed by atoms with Gasteiger partial charge in [-0.3, -0.25) is 4.79 Å². The molecule has 0 fully saturated rings. The van der Waals surface area contributed by atoms with Crippen LogP contribution >= 0.6 is 0 Å². The quantitative estimate of drug-likeness (QED) is 0.855. The van der Waals surface area contributed by atoms with Gasteiger partial charge in [-0.05, 0) is 35.7 Å². The third-order valence-corrected chi connectivity index (χ3v) is 3.67. The number of rotatable bonds is 1. The van der Waals surface area contributed by atoms with Crippen molar-refractivity contribution < 1.29 is 23.1 Å². The number of phenolic OH excluding ortho intramolecular Hbond substituents is 1. The van der Waals surface area contributed by atoms with Gasteiger partial charge in [0.25, 0.3) is 0 Å². The second-order valence-electron chi connectivity index (χ2n) is 4.99. The molecule has 0 spiro atoms. The molecule has 0 saturated carbocycles. The van der Waals surface area contributed by atoms with Crippen LogP contribution < -0.4 is 0 Å². The lowest BCUT2D eigenvalue weighted by Crippen LogP contribution is -2.04. The molecule has 0 radical (unpaired) electrons. The maximum atomic E-state index is 12.6. The highest BCUT2D eigenvalue weighted by atomic mass is 19.4. The van der Waals surface area contributed by atoms with E-state index in [1.807, 2.05) is 0 Å². The van der Waals surface area contributed by atoms with Gasteiger partial charge in [-0.2, -0.15) is 13.2 Å². The van der Waals surface area contributed by atoms with Crippen LogP contribution in [-0.2, 0) is 12.6 Å². The Morgan fingerprint density at radius 2 is 1.57 bits per heavy atom. The van der Waals surface area contributed by atoms with Crippen LogP contribution in [0.1, 0.15) is 27.9 Å². The first kappa shape index (κ1) is 13.7. The molecule has 0 aliphatic heterocycles. The van der Waals surface area contributed by atoms with Crippen LogP contribution in [-0.4, -0.2) is 10.9 Å². The van der Waals surface area contributed by atoms with Crippen molar-refractivity contribution in [3.63, 3.8) is 0 Å². The van der Waals surface area contributed by atoms with Crippen molar-refractivity contribution >= 4 is 5.78 Å². The number of hydrogen-bond donors (Lipinski definition) is 1. The van der Waals surface area contributed by atoms with Crippen LogP contribution in [0.15, 0.2) is 36.4 Å². The summed E-state index contributed by atoms with van der Waals surface area (Å²) in [5.74, 6) is -0.181. The zero-order valence-electron chi connectivity index (χ0n) is 10.9. The Morgan fingerprint density at radius 1 is 0.905 bits per heavy atom. The molecule has 0 heterocycles. The van der Waals surface area contributed by atoms with Gasteiger partial charge in [-0.1, -0.05) is 18.2 Å². The van der Waals surface area contributed by atoms with E-state index in [0.29, 0.717) is 29.5 Å². The van der Waals surface area contributed by atoms with Gasteiger partial charge in [0.1, 0.15) is 5.75 Å². The van der Waals surface area contributed by atoms with Crippen molar-refractivity contribution in [2.75, 3.05) is 0 Å². The molecule has 3 rings (SSSR count). The van der Waals surface area contributed by atoms with E-state index in [2.05, 4.69) is 0 Å². The number of aryl methyl sites for hydroxylation is 1. The average Bonchev–Trinajstić information content (AvgIpc) is 2.80. The molecule has 1 aliphatic carbocycles. The summed E-state index contributed by atoms with van der Waals surface area (Å²) in [5.41, 5.74) is 1.23. The predicted molar refractivity (Wildman–Crippen MR) is 71.2 cm³/mol. The van der Waals surface area contributed by atoms with Crippen LogP contribution in [0.3, 0.4) is 0 Å². The van der Waals surface area contributed by atoms with Crippen molar-refractivity contribution in [1.82, 2.24) is 0 Å². The Kier molecular flexibility index (Phi) is 3.01. The lowest BCUT2D eigenvalue weighted by Gasteiger charge is -2.12. The molecule has 0 saturated heterocycles. The summed E-state index contributed by atoms with van der Waals surface area (Å²) in [6.07, 6.45) is -3.44. The smallest absolute Gasteiger partial charge is 0.416 e. The van der Waals surface area contributed by atoms with Gasteiger partial charge in [-0.15, -0.1) is 0 Å². The summed E-state index contributed by atoms with van der Waals surface area (Å²) in [4.78, 5) is 11.9. The normalized spacial score (nSPS) is 14.3. The van der Waals surface area contributed by atoms with Crippen LogP contribution in [0.5, 0.6) is 5.75 Å². The van der Waals surface area contributed by atoms with Gasteiger partial charge in [-0.25, -0.2) is 0 Å². The van der Waals surface area contributed by atoms with Crippen LogP contribution in [0.2, 0.25) is 0 Å². The Bertz CT molecular complexity index is 716. The van der Waals surface area contributed by atoms with Crippen molar-refractivity contribution in [3.05, 3.63) is 53.1 Å². The molecule has 1 aliphatic rings. The molecule has 0 unspecified atom stereocenters. The fourth-order valence-corrected chi connectivity index (χ4v) is 2.65. The van der Waals surface area contributed by atoms with Crippen molar-refractivity contribution in [3.8, 4) is 16.9 Å². The van der Waals surface area contributed by atoms with Crippen molar-refractivity contribution in [1.29, 1.82) is 0 Å². The molecule has 0 bridgehead atoms. The predicted octanol–water partition coefficient (Wildman–Crippen LogP) is 4.21. The van der Waals surface area contributed by atoms with E-state index >= 15 is 0 Å². The summed E-state index contributed by atoms with van der Waals surface area (Å²) in [5, 5.41) is 10.0. The molecule has 0 aromatic heterocycles. The number of aromatic hydroxyl groups is 1. The summed E-state index contributed by atoms with van der Waals surface area (Å²) < 4.78 is 37.7. The lowest BCUT2D eigenvalue weighted by molar-refractivity contribution is -0.137. The molecule has 108 valence electrons. The highest BCUT2D eigenvalue weighted by Gasteiger charge is 2.31. The van der Waals surface area contributed by atoms with Crippen LogP contribution in [0.25, 0.3) is 11.1 Å². The molecular weight excluding hydrogens is 281 g/mol. The Morgan fingerprint density at radius 3 is 2.19 bits per heavy atom. The van der Waals surface area contributed by atoms with E-state index in [9.17, 15) is 23.1 Å². The Hall–Kier alpha value is -2.30. The first-order valence-electron chi connectivity index (χ1n) is 6.43. The topological polar surface area (TPSA) is 37.3 Å². The van der Waals surface area contributed by atoms with Crippen LogP contribution in [0.4, 0.5) is 13.2 Å². The second kappa shape index (κ2) is 4.62. The first-order valence-corrected chi connectivity index (χ1v) is 6.43. The van der Waals surface area contributed by atoms with E-state index in [1.165, 1.54) is 18.2 Å². The van der Waals surface area contributed by atoms with E-state index in [0.717, 1.165) is 17.7 Å². The van der Waals surface area contributed by atoms with Crippen LogP contribution in [0, 0.1) is 0 Å². The largest absolute Gasteiger partial charge is 0.507 e. The molecule has 2 aromatic carbocycles. The van der Waals surface area contributed by atoms with Gasteiger partial charge >= 0.3 is 6.18 Å². The minimum atomic E-state index is -4.41. The minimum absolute atomic E-state index is 0.0872. The summed E-state index contributed by atoms with van der Waals surface area (Å²) in [7, 11) is 0. The van der Waals surface area contributed by atoms with Gasteiger partial charge < -0.3 is 5.11 Å². The van der Waals surface area contributed by atoms with Gasteiger partial charge in [0.05, 0.1) is 5.56 Å². The SMILES string of the molecule is O=C1CCc2ccc(O)c(-c3ccc(C(F)(F)F)cc3)c21. The number of carbonyl (C=O) groups excluding carboxylic acids is 1. The third kappa shape index (κ3) is 2.28. The Labute approximate surface area is 118 Å². The average molecular weight is 292 g/mol. The zero-order valence-corrected chi connectivity index (χ0v) is 10.9. The fourth-order valence-electron chi connectivity index (χ4n) is 2.65. The number of Topliss-reactive ketones (excluding diaryl/α,β-unsaturated/α-hetero) is 1. The molecule has 1 N–H and O–H groups in total. The molecule has 0 atom stereocenters. The number of ketones is 1. The lowest BCUT2D eigenvalue weighted by atomic mass is 9.94. The zero-order chi connectivity index (χ0) is 15.2. The molecular formula is C16H11F3O2. The first-order chi connectivity index (χ1) is 9.88. The highest BCUT2D eigenvalue weighted by molar-refractivity contribution is 6.07. The second-order valence-corrected chi connectivity index (χ2v) is 4.99.